The minimum atomic E-state index is 0.459. The van der Waals surface area contributed by atoms with Crippen molar-refractivity contribution in [2.75, 3.05) is 0 Å². The van der Waals surface area contributed by atoms with Crippen LogP contribution in [-0.4, -0.2) is 5.84 Å². The molecule has 0 saturated carbocycles. The van der Waals surface area contributed by atoms with E-state index in [1.807, 2.05) is 18.2 Å². The van der Waals surface area contributed by atoms with Gasteiger partial charge in [0.2, 0.25) is 0 Å². The van der Waals surface area contributed by atoms with Gasteiger partial charge in [0.05, 0.1) is 0 Å². The summed E-state index contributed by atoms with van der Waals surface area (Å²) in [6.07, 6.45) is 11.8. The monoisotopic (exact) mass is 163 g/mol. The Balaban J connectivity index is 2.62. The first-order chi connectivity index (χ1) is 5.83. The maximum atomic E-state index is 5.48. The van der Waals surface area contributed by atoms with E-state index in [0.29, 0.717) is 12.3 Å². The third-order valence-electron chi connectivity index (χ3n) is 1.60. The van der Waals surface area contributed by atoms with Gasteiger partial charge < -0.3 is 11.6 Å². The molecule has 0 aromatic rings. The van der Waals surface area contributed by atoms with Gasteiger partial charge in [-0.15, -0.1) is 0 Å². The van der Waals surface area contributed by atoms with Crippen LogP contribution in [0.2, 0.25) is 0 Å². The van der Waals surface area contributed by atoms with E-state index in [9.17, 15) is 0 Å². The third-order valence-corrected chi connectivity index (χ3v) is 1.60. The van der Waals surface area contributed by atoms with Gasteiger partial charge in [-0.3, -0.25) is 0 Å². The highest BCUT2D eigenvalue weighted by molar-refractivity contribution is 5.83. The number of nitrogens with zero attached hydrogens (tertiary/aromatic N) is 1. The van der Waals surface area contributed by atoms with Gasteiger partial charge in [0.15, 0.2) is 0 Å². The lowest BCUT2D eigenvalue weighted by molar-refractivity contribution is 1.17. The molecule has 3 heteroatoms. The summed E-state index contributed by atoms with van der Waals surface area (Å²) in [6, 6.07) is 0. The Morgan fingerprint density at radius 2 is 2.33 bits per heavy atom. The molecule has 0 heterocycles. The van der Waals surface area contributed by atoms with E-state index in [1.165, 1.54) is 0 Å². The number of allylic oxidation sites excluding steroid dienone is 5. The van der Waals surface area contributed by atoms with Crippen LogP contribution in [-0.2, 0) is 0 Å². The highest BCUT2D eigenvalue weighted by Gasteiger charge is 1.96. The largest absolute Gasteiger partial charge is 0.385 e. The van der Waals surface area contributed by atoms with Gasteiger partial charge in [-0.2, -0.15) is 5.10 Å². The average molecular weight is 163 g/mol. The summed E-state index contributed by atoms with van der Waals surface area (Å²) in [7, 11) is 0. The molecule has 0 saturated heterocycles. The summed E-state index contributed by atoms with van der Waals surface area (Å²) < 4.78 is 0. The molecule has 0 fully saturated rings. The topological polar surface area (TPSA) is 64.4 Å². The highest BCUT2D eigenvalue weighted by Crippen LogP contribution is 2.07. The first-order valence-electron chi connectivity index (χ1n) is 3.87. The minimum Gasteiger partial charge on any atom is -0.385 e. The van der Waals surface area contributed by atoms with Crippen molar-refractivity contribution in [2.24, 2.45) is 16.7 Å². The van der Waals surface area contributed by atoms with Crippen LogP contribution in [0.5, 0.6) is 0 Å². The second-order valence-corrected chi connectivity index (χ2v) is 2.61. The molecule has 3 nitrogen and oxygen atoms in total. The second-order valence-electron chi connectivity index (χ2n) is 2.61. The lowest BCUT2D eigenvalue weighted by Gasteiger charge is -1.98. The first kappa shape index (κ1) is 8.59. The molecule has 0 atom stereocenters. The van der Waals surface area contributed by atoms with Gasteiger partial charge in [0.1, 0.15) is 5.84 Å². The quantitative estimate of drug-likeness (QED) is 0.276. The zero-order valence-corrected chi connectivity index (χ0v) is 6.90. The van der Waals surface area contributed by atoms with Gasteiger partial charge in [-0.05, 0) is 12.0 Å². The number of nitrogens with two attached hydrogens (primary N) is 2. The molecule has 0 amide bonds. The third kappa shape index (κ3) is 2.62. The Morgan fingerprint density at radius 3 is 3.08 bits per heavy atom. The van der Waals surface area contributed by atoms with E-state index < -0.39 is 0 Å². The Morgan fingerprint density at radius 1 is 1.50 bits per heavy atom. The lowest BCUT2D eigenvalue weighted by Crippen LogP contribution is -2.14. The maximum absolute atomic E-state index is 5.48. The molecular formula is C9H13N3. The predicted octanol–water partition coefficient (Wildman–Crippen LogP) is 1.05. The van der Waals surface area contributed by atoms with Gasteiger partial charge in [-0.25, -0.2) is 0 Å². The van der Waals surface area contributed by atoms with Crippen LogP contribution in [0, 0.1) is 0 Å². The summed E-state index contributed by atoms with van der Waals surface area (Å²) in [5.74, 6) is 5.48. The van der Waals surface area contributed by atoms with E-state index in [2.05, 4.69) is 17.3 Å². The van der Waals surface area contributed by atoms with Gasteiger partial charge in [0.25, 0.3) is 0 Å². The number of hydrogen-bond donors (Lipinski definition) is 2. The Kier molecular flexibility index (Phi) is 3.14. The van der Waals surface area contributed by atoms with Crippen molar-refractivity contribution in [3.63, 3.8) is 0 Å². The Hall–Kier alpha value is -1.51. The molecule has 64 valence electrons. The van der Waals surface area contributed by atoms with E-state index in [1.54, 1.807) is 0 Å². The number of amidine groups is 1. The maximum Gasteiger partial charge on any atom is 0.123 e. The van der Waals surface area contributed by atoms with Crippen molar-refractivity contribution in [3.8, 4) is 0 Å². The molecule has 0 bridgehead atoms. The molecule has 0 radical (unpaired) electrons. The summed E-state index contributed by atoms with van der Waals surface area (Å²) in [6.45, 7) is 0. The van der Waals surface area contributed by atoms with E-state index >= 15 is 0 Å². The molecule has 0 spiro atoms. The van der Waals surface area contributed by atoms with Crippen LogP contribution in [0.3, 0.4) is 0 Å². The first-order valence-corrected chi connectivity index (χ1v) is 3.87. The zero-order chi connectivity index (χ0) is 8.81. The molecule has 0 unspecified atom stereocenters. The number of hydrogen-bond acceptors (Lipinski definition) is 2. The van der Waals surface area contributed by atoms with Gasteiger partial charge in [-0.1, -0.05) is 30.4 Å². The number of hydrazone groups is 1. The molecule has 0 aromatic carbocycles. The molecule has 0 aromatic heterocycles. The van der Waals surface area contributed by atoms with Crippen LogP contribution >= 0.6 is 0 Å². The van der Waals surface area contributed by atoms with Crippen LogP contribution in [0.4, 0.5) is 0 Å². The van der Waals surface area contributed by atoms with Crippen LogP contribution in [0.1, 0.15) is 12.8 Å². The zero-order valence-electron chi connectivity index (χ0n) is 6.90. The van der Waals surface area contributed by atoms with E-state index in [0.717, 1.165) is 12.0 Å². The number of rotatable bonds is 2. The highest BCUT2D eigenvalue weighted by atomic mass is 15.1. The summed E-state index contributed by atoms with van der Waals surface area (Å²) in [4.78, 5) is 0. The van der Waals surface area contributed by atoms with Gasteiger partial charge >= 0.3 is 0 Å². The normalized spacial score (nSPS) is 17.3. The molecular weight excluding hydrogens is 150 g/mol. The summed E-state index contributed by atoms with van der Waals surface area (Å²) in [5, 5.41) is 3.41. The van der Waals surface area contributed by atoms with Crippen molar-refractivity contribution < 1.29 is 0 Å². The van der Waals surface area contributed by atoms with Gasteiger partial charge in [0, 0.05) is 6.42 Å². The second kappa shape index (κ2) is 4.38. The van der Waals surface area contributed by atoms with Crippen LogP contribution in [0.25, 0.3) is 0 Å². The summed E-state index contributed by atoms with van der Waals surface area (Å²) >= 11 is 0. The molecule has 4 N–H and O–H groups in total. The van der Waals surface area contributed by atoms with E-state index in [4.69, 9.17) is 11.6 Å². The van der Waals surface area contributed by atoms with Crippen LogP contribution < -0.4 is 11.6 Å². The molecule has 1 rings (SSSR count). The Labute approximate surface area is 72.1 Å². The molecule has 1 aliphatic carbocycles. The summed E-state index contributed by atoms with van der Waals surface area (Å²) in [5.41, 5.74) is 6.62. The predicted molar refractivity (Wildman–Crippen MR) is 51.4 cm³/mol. The fourth-order valence-electron chi connectivity index (χ4n) is 0.996. The van der Waals surface area contributed by atoms with Crippen LogP contribution in [0.15, 0.2) is 41.1 Å². The fourth-order valence-corrected chi connectivity index (χ4v) is 0.996. The smallest absolute Gasteiger partial charge is 0.123 e. The Bertz CT molecular complexity index is 259. The average Bonchev–Trinajstić information content (AvgIpc) is 2.33. The van der Waals surface area contributed by atoms with E-state index in [-0.39, 0.29) is 0 Å². The van der Waals surface area contributed by atoms with Crippen molar-refractivity contribution in [2.45, 2.75) is 12.8 Å². The molecule has 0 aliphatic heterocycles. The lowest BCUT2D eigenvalue weighted by atomic mass is 10.1. The SMILES string of the molecule is N/N=C(\N)CC1=CC=CCC=C1. The van der Waals surface area contributed by atoms with Crippen molar-refractivity contribution in [1.29, 1.82) is 0 Å². The van der Waals surface area contributed by atoms with Crippen molar-refractivity contribution in [3.05, 3.63) is 36.0 Å². The fraction of sp³-hybridized carbons (Fsp3) is 0.222. The molecule has 1 aliphatic rings. The molecule has 12 heavy (non-hydrogen) atoms. The minimum absolute atomic E-state index is 0.459. The standard InChI is InChI=1S/C9H13N3/c10-9(12-11)7-8-5-3-1-2-4-6-8/h1,3-6H,2,7,11H2,(H2,10,12). The van der Waals surface area contributed by atoms with Crippen molar-refractivity contribution >= 4 is 5.84 Å². The van der Waals surface area contributed by atoms with Crippen molar-refractivity contribution in [1.82, 2.24) is 0 Å².